The summed E-state index contributed by atoms with van der Waals surface area (Å²) in [6.07, 6.45) is 0. The van der Waals surface area contributed by atoms with Gasteiger partial charge in [-0.3, -0.25) is 14.5 Å². The first-order valence-corrected chi connectivity index (χ1v) is 8.10. The van der Waals surface area contributed by atoms with E-state index in [1.165, 1.54) is 18.2 Å². The molecule has 0 aromatic heterocycles. The van der Waals surface area contributed by atoms with Crippen molar-refractivity contribution < 1.29 is 13.2 Å². The summed E-state index contributed by atoms with van der Waals surface area (Å²) < 4.78 is 26.5. The van der Waals surface area contributed by atoms with Crippen LogP contribution < -0.4 is 15.6 Å². The van der Waals surface area contributed by atoms with Gasteiger partial charge in [-0.2, -0.15) is 0 Å². The summed E-state index contributed by atoms with van der Waals surface area (Å²) in [6, 6.07) is 14.0. The number of hydrogen-bond acceptors (Lipinski definition) is 4. The van der Waals surface area contributed by atoms with Crippen LogP contribution >= 0.6 is 11.6 Å². The molecule has 0 fully saturated rings. The van der Waals surface area contributed by atoms with Gasteiger partial charge in [-0.1, -0.05) is 35.9 Å². The second-order valence-corrected chi connectivity index (χ2v) is 6.67. The lowest BCUT2D eigenvalue weighted by atomic mass is 10.3. The van der Waals surface area contributed by atoms with Crippen LogP contribution in [0.4, 0.5) is 5.69 Å². The Kier molecular flexibility index (Phi) is 5.02. The molecule has 0 radical (unpaired) electrons. The third-order valence-corrected chi connectivity index (χ3v) is 4.90. The van der Waals surface area contributed by atoms with Gasteiger partial charge in [-0.25, -0.2) is 14.3 Å². The van der Waals surface area contributed by atoms with E-state index in [2.05, 4.69) is 0 Å². The van der Waals surface area contributed by atoms with Crippen LogP contribution in [0.5, 0.6) is 0 Å². The van der Waals surface area contributed by atoms with Gasteiger partial charge in [0.25, 0.3) is 15.9 Å². The van der Waals surface area contributed by atoms with E-state index in [1.807, 2.05) is 5.43 Å². The van der Waals surface area contributed by atoms with Crippen LogP contribution in [0.2, 0.25) is 5.02 Å². The van der Waals surface area contributed by atoms with Crippen LogP contribution in [0.15, 0.2) is 59.5 Å². The lowest BCUT2D eigenvalue weighted by Crippen LogP contribution is -2.43. The third kappa shape index (κ3) is 3.56. The Morgan fingerprint density at radius 1 is 1.14 bits per heavy atom. The molecule has 0 saturated heterocycles. The van der Waals surface area contributed by atoms with Crippen molar-refractivity contribution in [3.05, 3.63) is 59.6 Å². The molecule has 0 aliphatic carbocycles. The van der Waals surface area contributed by atoms with Crippen LogP contribution in [0, 0.1) is 0 Å². The number of anilines is 1. The maximum absolute atomic E-state index is 12.8. The normalized spacial score (nSPS) is 11.0. The van der Waals surface area contributed by atoms with Gasteiger partial charge in [0.2, 0.25) is 0 Å². The van der Waals surface area contributed by atoms with E-state index in [-0.39, 0.29) is 10.6 Å². The molecule has 22 heavy (non-hydrogen) atoms. The van der Waals surface area contributed by atoms with Crippen molar-refractivity contribution >= 4 is 33.2 Å². The number of halogens is 1. The molecular weight excluding hydrogens is 326 g/mol. The predicted octanol–water partition coefficient (Wildman–Crippen LogP) is 1.53. The SMILES string of the molecule is NNC(=O)CN(c1cccc(Cl)c1)S(=O)(=O)c1ccccc1. The molecule has 1 amide bonds. The fourth-order valence-electron chi connectivity index (χ4n) is 1.84. The minimum atomic E-state index is -3.92. The lowest BCUT2D eigenvalue weighted by molar-refractivity contribution is -0.119. The van der Waals surface area contributed by atoms with Crippen molar-refractivity contribution in [2.24, 2.45) is 5.84 Å². The molecular formula is C14H14ClN3O3S. The number of sulfonamides is 1. The Hall–Kier alpha value is -2.09. The number of nitrogens with one attached hydrogen (secondary N) is 1. The Bertz CT molecular complexity index is 766. The first-order chi connectivity index (χ1) is 10.4. The van der Waals surface area contributed by atoms with Crippen molar-refractivity contribution in [3.8, 4) is 0 Å². The molecule has 0 aliphatic rings. The molecule has 0 heterocycles. The summed E-state index contributed by atoms with van der Waals surface area (Å²) in [5, 5.41) is 0.360. The molecule has 0 unspecified atom stereocenters. The summed E-state index contributed by atoms with van der Waals surface area (Å²) in [7, 11) is -3.92. The molecule has 8 heteroatoms. The van der Waals surface area contributed by atoms with Crippen LogP contribution in [0.3, 0.4) is 0 Å². The van der Waals surface area contributed by atoms with Gasteiger partial charge in [0.15, 0.2) is 0 Å². The minimum Gasteiger partial charge on any atom is -0.293 e. The van der Waals surface area contributed by atoms with Crippen LogP contribution in [-0.4, -0.2) is 20.9 Å². The van der Waals surface area contributed by atoms with E-state index in [0.29, 0.717) is 5.02 Å². The van der Waals surface area contributed by atoms with Crippen molar-refractivity contribution in [1.29, 1.82) is 0 Å². The molecule has 0 spiro atoms. The average Bonchev–Trinajstić information content (AvgIpc) is 2.53. The zero-order valence-electron chi connectivity index (χ0n) is 11.4. The molecule has 6 nitrogen and oxygen atoms in total. The number of hydrogen-bond donors (Lipinski definition) is 2. The molecule has 0 saturated carbocycles. The first kappa shape index (κ1) is 16.3. The number of nitrogens with zero attached hydrogens (tertiary/aromatic N) is 1. The van der Waals surface area contributed by atoms with E-state index in [0.717, 1.165) is 4.31 Å². The zero-order chi connectivity index (χ0) is 16.2. The summed E-state index contributed by atoms with van der Waals surface area (Å²) >= 11 is 5.91. The summed E-state index contributed by atoms with van der Waals surface area (Å²) in [4.78, 5) is 11.7. The second-order valence-electron chi connectivity index (χ2n) is 4.37. The van der Waals surface area contributed by atoms with Crippen molar-refractivity contribution in [2.75, 3.05) is 10.8 Å². The number of amides is 1. The van der Waals surface area contributed by atoms with E-state index in [4.69, 9.17) is 17.4 Å². The van der Waals surface area contributed by atoms with Crippen LogP contribution in [0.25, 0.3) is 0 Å². The van der Waals surface area contributed by atoms with Gasteiger partial charge >= 0.3 is 0 Å². The largest absolute Gasteiger partial charge is 0.293 e. The highest BCUT2D eigenvalue weighted by atomic mass is 35.5. The second kappa shape index (κ2) is 6.78. The van der Waals surface area contributed by atoms with Crippen molar-refractivity contribution in [1.82, 2.24) is 5.43 Å². The highest BCUT2D eigenvalue weighted by Gasteiger charge is 2.26. The van der Waals surface area contributed by atoms with Gasteiger partial charge in [0, 0.05) is 5.02 Å². The number of carbonyl (C=O) groups is 1. The quantitative estimate of drug-likeness (QED) is 0.491. The summed E-state index contributed by atoms with van der Waals surface area (Å²) in [5.41, 5.74) is 2.20. The first-order valence-electron chi connectivity index (χ1n) is 6.28. The Morgan fingerprint density at radius 3 is 2.41 bits per heavy atom. The number of benzene rings is 2. The summed E-state index contributed by atoms with van der Waals surface area (Å²) in [5.74, 6) is 4.42. The smallest absolute Gasteiger partial charge is 0.264 e. The zero-order valence-corrected chi connectivity index (χ0v) is 13.0. The van der Waals surface area contributed by atoms with Gasteiger partial charge in [-0.15, -0.1) is 0 Å². The Labute approximate surface area is 133 Å². The maximum Gasteiger partial charge on any atom is 0.264 e. The highest BCUT2D eigenvalue weighted by molar-refractivity contribution is 7.92. The predicted molar refractivity (Wildman–Crippen MR) is 84.8 cm³/mol. The van der Waals surface area contributed by atoms with Crippen LogP contribution in [-0.2, 0) is 14.8 Å². The average molecular weight is 340 g/mol. The molecule has 2 aromatic carbocycles. The van der Waals surface area contributed by atoms with Crippen molar-refractivity contribution in [2.45, 2.75) is 4.90 Å². The number of nitrogens with two attached hydrogens (primary N) is 1. The molecule has 116 valence electrons. The van der Waals surface area contributed by atoms with Gasteiger partial charge in [0.05, 0.1) is 10.6 Å². The van der Waals surface area contributed by atoms with Gasteiger partial charge < -0.3 is 0 Å². The lowest BCUT2D eigenvalue weighted by Gasteiger charge is -2.23. The number of carbonyl (C=O) groups excluding carboxylic acids is 1. The fourth-order valence-corrected chi connectivity index (χ4v) is 3.46. The van der Waals surface area contributed by atoms with E-state index >= 15 is 0 Å². The molecule has 0 atom stereocenters. The Balaban J connectivity index is 2.51. The maximum atomic E-state index is 12.8. The molecule has 0 aliphatic heterocycles. The fraction of sp³-hybridized carbons (Fsp3) is 0.0714. The monoisotopic (exact) mass is 339 g/mol. The van der Waals surface area contributed by atoms with Crippen LogP contribution in [0.1, 0.15) is 0 Å². The standard InChI is InChI=1S/C14H14ClN3O3S/c15-11-5-4-6-12(9-11)18(10-14(19)17-16)22(20,21)13-7-2-1-3-8-13/h1-9H,10,16H2,(H,17,19). The van der Waals surface area contributed by atoms with Gasteiger partial charge in [-0.05, 0) is 30.3 Å². The van der Waals surface area contributed by atoms with Gasteiger partial charge in [0.1, 0.15) is 6.54 Å². The molecule has 2 rings (SSSR count). The molecule has 2 aromatic rings. The van der Waals surface area contributed by atoms with E-state index in [9.17, 15) is 13.2 Å². The topological polar surface area (TPSA) is 92.5 Å². The highest BCUT2D eigenvalue weighted by Crippen LogP contribution is 2.25. The Morgan fingerprint density at radius 2 is 1.82 bits per heavy atom. The number of hydrazine groups is 1. The van der Waals surface area contributed by atoms with Crippen molar-refractivity contribution in [3.63, 3.8) is 0 Å². The number of rotatable bonds is 5. The minimum absolute atomic E-state index is 0.0693. The van der Waals surface area contributed by atoms with E-state index < -0.39 is 22.5 Å². The molecule has 3 N–H and O–H groups in total. The van der Waals surface area contributed by atoms with E-state index in [1.54, 1.807) is 36.4 Å². The third-order valence-electron chi connectivity index (χ3n) is 2.88. The molecule has 0 bridgehead atoms. The summed E-state index contributed by atoms with van der Waals surface area (Å²) in [6.45, 7) is -0.450.